The molecule has 0 radical (unpaired) electrons. The van der Waals surface area contributed by atoms with Crippen molar-refractivity contribution in [1.82, 2.24) is 18.8 Å². The second kappa shape index (κ2) is 9.60. The summed E-state index contributed by atoms with van der Waals surface area (Å²) in [6.07, 6.45) is 5.52. The van der Waals surface area contributed by atoms with E-state index in [-0.39, 0.29) is 6.04 Å². The van der Waals surface area contributed by atoms with Gasteiger partial charge in [0.05, 0.1) is 28.1 Å². The highest BCUT2D eigenvalue weighted by Gasteiger charge is 2.32. The van der Waals surface area contributed by atoms with Crippen molar-refractivity contribution in [3.05, 3.63) is 71.5 Å². The molecular formula is C26H27ClN4O3S. The first-order valence-electron chi connectivity index (χ1n) is 11.7. The van der Waals surface area contributed by atoms with Crippen LogP contribution >= 0.6 is 11.6 Å². The summed E-state index contributed by atoms with van der Waals surface area (Å²) >= 11 is 6.50. The molecule has 2 aromatic heterocycles. The van der Waals surface area contributed by atoms with E-state index in [1.165, 1.54) is 0 Å². The van der Waals surface area contributed by atoms with E-state index in [0.29, 0.717) is 35.8 Å². The SMILES string of the molecule is CCc1ccc(S(=O)(=O)N2CCC(n3c(-c4ccncc4Cl)nc4cc(OC)ccc43)CC2)cc1. The number of hydrogen-bond donors (Lipinski definition) is 0. The summed E-state index contributed by atoms with van der Waals surface area (Å²) in [6.45, 7) is 2.92. The predicted molar refractivity (Wildman–Crippen MR) is 137 cm³/mol. The van der Waals surface area contributed by atoms with E-state index < -0.39 is 10.0 Å². The minimum atomic E-state index is -3.54. The Kier molecular flexibility index (Phi) is 6.53. The van der Waals surface area contributed by atoms with E-state index in [1.807, 2.05) is 36.4 Å². The van der Waals surface area contributed by atoms with Crippen LogP contribution in [0.25, 0.3) is 22.4 Å². The lowest BCUT2D eigenvalue weighted by Gasteiger charge is -2.33. The lowest BCUT2D eigenvalue weighted by atomic mass is 10.1. The van der Waals surface area contributed by atoms with Crippen LogP contribution in [0.2, 0.25) is 5.02 Å². The number of rotatable bonds is 6. The summed E-state index contributed by atoms with van der Waals surface area (Å²) in [5.74, 6) is 1.47. The van der Waals surface area contributed by atoms with Gasteiger partial charge in [0.1, 0.15) is 11.6 Å². The number of methoxy groups -OCH3 is 1. The van der Waals surface area contributed by atoms with Crippen LogP contribution in [-0.4, -0.2) is 47.5 Å². The molecule has 9 heteroatoms. The van der Waals surface area contributed by atoms with Gasteiger partial charge in [0.25, 0.3) is 0 Å². The van der Waals surface area contributed by atoms with Crippen LogP contribution in [0.15, 0.2) is 65.8 Å². The molecule has 0 spiro atoms. The predicted octanol–water partition coefficient (Wildman–Crippen LogP) is 5.35. The van der Waals surface area contributed by atoms with E-state index >= 15 is 0 Å². The fraction of sp³-hybridized carbons (Fsp3) is 0.308. The number of piperidine rings is 1. The molecule has 1 fully saturated rings. The minimum absolute atomic E-state index is 0.0709. The number of halogens is 1. The molecule has 0 saturated carbocycles. The van der Waals surface area contributed by atoms with Crippen LogP contribution < -0.4 is 4.74 Å². The maximum Gasteiger partial charge on any atom is 0.243 e. The Labute approximate surface area is 210 Å². The van der Waals surface area contributed by atoms with Gasteiger partial charge in [-0.25, -0.2) is 13.4 Å². The van der Waals surface area contributed by atoms with Crippen molar-refractivity contribution in [2.75, 3.05) is 20.2 Å². The third kappa shape index (κ3) is 4.42. The van der Waals surface area contributed by atoms with Gasteiger partial charge < -0.3 is 9.30 Å². The summed E-state index contributed by atoms with van der Waals surface area (Å²) in [5, 5.41) is 0.520. The van der Waals surface area contributed by atoms with E-state index in [0.717, 1.165) is 40.2 Å². The van der Waals surface area contributed by atoms with Crippen LogP contribution in [0.4, 0.5) is 0 Å². The first-order chi connectivity index (χ1) is 16.9. The van der Waals surface area contributed by atoms with E-state index in [1.54, 1.807) is 35.9 Å². The van der Waals surface area contributed by atoms with Gasteiger partial charge in [-0.15, -0.1) is 0 Å². The molecule has 1 aliphatic heterocycles. The molecule has 3 heterocycles. The average molecular weight is 511 g/mol. The number of aryl methyl sites for hydroxylation is 1. The van der Waals surface area contributed by atoms with Gasteiger partial charge >= 0.3 is 0 Å². The zero-order chi connectivity index (χ0) is 24.6. The molecule has 182 valence electrons. The number of hydrogen-bond acceptors (Lipinski definition) is 5. The van der Waals surface area contributed by atoms with Crippen molar-refractivity contribution in [1.29, 1.82) is 0 Å². The fourth-order valence-corrected chi connectivity index (χ4v) is 6.38. The smallest absolute Gasteiger partial charge is 0.243 e. The molecule has 0 amide bonds. The van der Waals surface area contributed by atoms with Gasteiger partial charge in [0.15, 0.2) is 0 Å². The largest absolute Gasteiger partial charge is 0.497 e. The molecular weight excluding hydrogens is 484 g/mol. The topological polar surface area (TPSA) is 77.3 Å². The van der Waals surface area contributed by atoms with E-state index in [2.05, 4.69) is 16.5 Å². The number of benzene rings is 2. The molecule has 35 heavy (non-hydrogen) atoms. The second-order valence-corrected chi connectivity index (χ2v) is 11.0. The normalized spacial score (nSPS) is 15.5. The number of aromatic nitrogens is 3. The molecule has 0 aliphatic carbocycles. The van der Waals surface area contributed by atoms with Crippen molar-refractivity contribution >= 4 is 32.7 Å². The summed E-state index contributed by atoms with van der Waals surface area (Å²) in [5.41, 5.74) is 3.68. The average Bonchev–Trinajstić information content (AvgIpc) is 3.27. The first-order valence-corrected chi connectivity index (χ1v) is 13.5. The molecule has 7 nitrogen and oxygen atoms in total. The Bertz CT molecular complexity index is 1460. The maximum absolute atomic E-state index is 13.3. The van der Waals surface area contributed by atoms with Gasteiger partial charge in [-0.1, -0.05) is 30.7 Å². The zero-order valence-electron chi connectivity index (χ0n) is 19.7. The van der Waals surface area contributed by atoms with Crippen LogP contribution in [0, 0.1) is 0 Å². The third-order valence-electron chi connectivity index (χ3n) is 6.67. The van der Waals surface area contributed by atoms with E-state index in [9.17, 15) is 8.42 Å². The lowest BCUT2D eigenvalue weighted by molar-refractivity contribution is 0.278. The molecule has 4 aromatic rings. The highest BCUT2D eigenvalue weighted by molar-refractivity contribution is 7.89. The van der Waals surface area contributed by atoms with Crippen molar-refractivity contribution < 1.29 is 13.2 Å². The zero-order valence-corrected chi connectivity index (χ0v) is 21.3. The van der Waals surface area contributed by atoms with Gasteiger partial charge in [-0.3, -0.25) is 4.98 Å². The van der Waals surface area contributed by atoms with Gasteiger partial charge in [0, 0.05) is 43.2 Å². The molecule has 0 unspecified atom stereocenters. The quantitative estimate of drug-likeness (QED) is 0.349. The van der Waals surface area contributed by atoms with Crippen molar-refractivity contribution in [3.63, 3.8) is 0 Å². The van der Waals surface area contributed by atoms with Crippen molar-refractivity contribution in [2.45, 2.75) is 37.1 Å². The Morgan fingerprint density at radius 1 is 1.09 bits per heavy atom. The number of ether oxygens (including phenoxy) is 1. The third-order valence-corrected chi connectivity index (χ3v) is 8.88. The van der Waals surface area contributed by atoms with Gasteiger partial charge in [-0.05, 0) is 55.2 Å². The minimum Gasteiger partial charge on any atom is -0.497 e. The van der Waals surface area contributed by atoms with Gasteiger partial charge in [-0.2, -0.15) is 4.31 Å². The number of imidazole rings is 1. The number of nitrogens with zero attached hydrogens (tertiary/aromatic N) is 4. The number of sulfonamides is 1. The Hall–Kier alpha value is -2.94. The highest BCUT2D eigenvalue weighted by atomic mass is 35.5. The Balaban J connectivity index is 1.47. The molecule has 1 saturated heterocycles. The maximum atomic E-state index is 13.3. The molecule has 0 atom stereocenters. The van der Waals surface area contributed by atoms with Crippen LogP contribution in [0.5, 0.6) is 5.75 Å². The summed E-state index contributed by atoms with van der Waals surface area (Å²) < 4.78 is 35.7. The molecule has 0 N–H and O–H groups in total. The van der Waals surface area contributed by atoms with Crippen LogP contribution in [0.3, 0.4) is 0 Å². The number of pyridine rings is 1. The fourth-order valence-electron chi connectivity index (χ4n) is 4.71. The molecule has 0 bridgehead atoms. The van der Waals surface area contributed by atoms with E-state index in [4.69, 9.17) is 21.3 Å². The summed E-state index contributed by atoms with van der Waals surface area (Å²) in [7, 11) is -1.91. The molecule has 2 aromatic carbocycles. The van der Waals surface area contributed by atoms with Crippen LogP contribution in [0.1, 0.15) is 31.4 Å². The molecule has 1 aliphatic rings. The van der Waals surface area contributed by atoms with Crippen LogP contribution in [-0.2, 0) is 16.4 Å². The Morgan fingerprint density at radius 3 is 2.49 bits per heavy atom. The van der Waals surface area contributed by atoms with Crippen molar-refractivity contribution in [3.8, 4) is 17.1 Å². The lowest BCUT2D eigenvalue weighted by Crippen LogP contribution is -2.39. The standard InChI is InChI=1S/C26H27ClN4O3S/c1-3-18-4-7-21(8-5-18)35(32,33)30-14-11-19(12-15-30)31-25-9-6-20(34-2)16-24(25)29-26(31)22-10-13-28-17-23(22)27/h4-10,13,16-17,19H,3,11-12,14-15H2,1-2H3. The summed E-state index contributed by atoms with van der Waals surface area (Å²) in [6, 6.07) is 14.9. The Morgan fingerprint density at radius 2 is 1.83 bits per heavy atom. The highest BCUT2D eigenvalue weighted by Crippen LogP contribution is 2.37. The van der Waals surface area contributed by atoms with Crippen molar-refractivity contribution in [2.24, 2.45) is 0 Å². The first kappa shape index (κ1) is 23.8. The molecule has 5 rings (SSSR count). The number of fused-ring (bicyclic) bond motifs is 1. The summed E-state index contributed by atoms with van der Waals surface area (Å²) in [4.78, 5) is 9.35. The second-order valence-electron chi connectivity index (χ2n) is 8.65. The van der Waals surface area contributed by atoms with Gasteiger partial charge in [0.2, 0.25) is 10.0 Å². The monoisotopic (exact) mass is 510 g/mol.